The Balaban J connectivity index is 1.87. The Morgan fingerprint density at radius 3 is 2.35 bits per heavy atom. The van der Waals surface area contributed by atoms with Gasteiger partial charge in [-0.2, -0.15) is 0 Å². The van der Waals surface area contributed by atoms with Crippen LogP contribution in [0.25, 0.3) is 5.57 Å². The van der Waals surface area contributed by atoms with Crippen LogP contribution in [0.5, 0.6) is 5.75 Å². The number of carbonyl (C=O) groups is 2. The van der Waals surface area contributed by atoms with Gasteiger partial charge >= 0.3 is 0 Å². The second-order valence-electron chi connectivity index (χ2n) is 7.25. The number of rotatable bonds is 5. The van der Waals surface area contributed by atoms with Crippen molar-refractivity contribution in [2.24, 2.45) is 0 Å². The van der Waals surface area contributed by atoms with Crippen LogP contribution in [0.2, 0.25) is 5.02 Å². The summed E-state index contributed by atoms with van der Waals surface area (Å²) >= 11 is 6.17. The molecule has 0 saturated carbocycles. The zero-order chi connectivity index (χ0) is 22.1. The Labute approximate surface area is 185 Å². The van der Waals surface area contributed by atoms with Crippen molar-refractivity contribution in [1.29, 1.82) is 0 Å². The van der Waals surface area contributed by atoms with E-state index in [2.05, 4.69) is 5.32 Å². The van der Waals surface area contributed by atoms with Gasteiger partial charge in [-0.05, 0) is 54.8 Å². The van der Waals surface area contributed by atoms with E-state index in [0.717, 1.165) is 11.1 Å². The number of carbonyl (C=O) groups excluding carboxylic acids is 2. The number of imide groups is 1. The van der Waals surface area contributed by atoms with Gasteiger partial charge in [-0.3, -0.25) is 9.59 Å². The van der Waals surface area contributed by atoms with E-state index < -0.39 is 5.91 Å². The van der Waals surface area contributed by atoms with Gasteiger partial charge < -0.3 is 10.1 Å². The van der Waals surface area contributed by atoms with Crippen molar-refractivity contribution in [2.45, 2.75) is 13.8 Å². The van der Waals surface area contributed by atoms with Gasteiger partial charge in [0.2, 0.25) is 0 Å². The van der Waals surface area contributed by atoms with E-state index in [1.54, 1.807) is 24.3 Å². The first-order valence-corrected chi connectivity index (χ1v) is 10.2. The Morgan fingerprint density at radius 2 is 1.65 bits per heavy atom. The van der Waals surface area contributed by atoms with Gasteiger partial charge in [0.15, 0.2) is 0 Å². The summed E-state index contributed by atoms with van der Waals surface area (Å²) in [6.07, 6.45) is 0. The highest BCUT2D eigenvalue weighted by Crippen LogP contribution is 2.37. The minimum Gasteiger partial charge on any atom is -0.495 e. The lowest BCUT2D eigenvalue weighted by Gasteiger charge is -2.19. The molecule has 2 amide bonds. The Kier molecular flexibility index (Phi) is 5.53. The first kappa shape index (κ1) is 20.7. The van der Waals surface area contributed by atoms with Crippen LogP contribution in [0.1, 0.15) is 16.7 Å². The minimum atomic E-state index is -0.431. The van der Waals surface area contributed by atoms with Crippen molar-refractivity contribution in [2.75, 3.05) is 17.3 Å². The maximum absolute atomic E-state index is 13.6. The van der Waals surface area contributed by atoms with Crippen LogP contribution in [0.15, 0.2) is 72.4 Å². The van der Waals surface area contributed by atoms with Crippen molar-refractivity contribution >= 4 is 40.4 Å². The lowest BCUT2D eigenvalue weighted by Crippen LogP contribution is -2.33. The zero-order valence-electron chi connectivity index (χ0n) is 17.4. The molecule has 5 nitrogen and oxygen atoms in total. The van der Waals surface area contributed by atoms with E-state index in [1.165, 1.54) is 12.0 Å². The largest absolute Gasteiger partial charge is 0.495 e. The summed E-state index contributed by atoms with van der Waals surface area (Å²) in [5, 5.41) is 3.60. The quantitative estimate of drug-likeness (QED) is 0.551. The van der Waals surface area contributed by atoms with Gasteiger partial charge in [0, 0.05) is 5.02 Å². The van der Waals surface area contributed by atoms with Gasteiger partial charge in [-0.1, -0.05) is 54.1 Å². The maximum Gasteiger partial charge on any atom is 0.282 e. The van der Waals surface area contributed by atoms with Gasteiger partial charge in [0.05, 0.1) is 24.1 Å². The average molecular weight is 433 g/mol. The summed E-state index contributed by atoms with van der Waals surface area (Å²) in [6, 6.07) is 19.8. The molecule has 1 aliphatic heterocycles. The molecule has 31 heavy (non-hydrogen) atoms. The smallest absolute Gasteiger partial charge is 0.282 e. The van der Waals surface area contributed by atoms with E-state index in [4.69, 9.17) is 16.3 Å². The summed E-state index contributed by atoms with van der Waals surface area (Å²) in [5.41, 5.74) is 4.07. The molecule has 1 N–H and O–H groups in total. The summed E-state index contributed by atoms with van der Waals surface area (Å²) in [7, 11) is 1.53. The van der Waals surface area contributed by atoms with Crippen LogP contribution < -0.4 is 15.0 Å². The highest BCUT2D eigenvalue weighted by molar-refractivity contribution is 6.46. The molecule has 4 rings (SSSR count). The molecule has 3 aromatic rings. The van der Waals surface area contributed by atoms with Crippen LogP contribution in [0, 0.1) is 13.8 Å². The highest BCUT2D eigenvalue weighted by atomic mass is 35.5. The number of halogens is 1. The monoisotopic (exact) mass is 432 g/mol. The van der Waals surface area contributed by atoms with Crippen molar-refractivity contribution in [1.82, 2.24) is 0 Å². The molecule has 3 aromatic carbocycles. The number of methoxy groups -OCH3 is 1. The predicted octanol–water partition coefficient (Wildman–Crippen LogP) is 5.36. The molecular weight excluding hydrogens is 412 g/mol. The summed E-state index contributed by atoms with van der Waals surface area (Å²) in [6.45, 7) is 3.85. The van der Waals surface area contributed by atoms with Crippen molar-refractivity contribution in [3.63, 3.8) is 0 Å². The molecule has 0 radical (unpaired) electrons. The molecule has 156 valence electrons. The molecule has 0 atom stereocenters. The van der Waals surface area contributed by atoms with E-state index in [0.29, 0.717) is 33.3 Å². The van der Waals surface area contributed by atoms with Crippen molar-refractivity contribution in [3.05, 3.63) is 94.1 Å². The second-order valence-corrected chi connectivity index (χ2v) is 7.69. The molecule has 0 aliphatic carbocycles. The third kappa shape index (κ3) is 3.68. The van der Waals surface area contributed by atoms with E-state index in [-0.39, 0.29) is 11.6 Å². The molecule has 1 heterocycles. The molecule has 0 fully saturated rings. The average Bonchev–Trinajstić information content (AvgIpc) is 3.00. The van der Waals surface area contributed by atoms with Gasteiger partial charge in [0.25, 0.3) is 11.8 Å². The van der Waals surface area contributed by atoms with Crippen LogP contribution in [-0.2, 0) is 9.59 Å². The number of anilines is 2. The molecule has 1 aliphatic rings. The third-order valence-corrected chi connectivity index (χ3v) is 5.62. The van der Waals surface area contributed by atoms with Crippen LogP contribution in [0.4, 0.5) is 11.4 Å². The lowest BCUT2D eigenvalue weighted by molar-refractivity contribution is -0.120. The predicted molar refractivity (Wildman–Crippen MR) is 123 cm³/mol. The standard InChI is InChI=1S/C25H21ClN2O3/c1-15-8-7-11-20(16(15)2)28-24(29)22(17-9-5-4-6-10-17)23(25(28)30)27-19-14-18(26)12-13-21(19)31-3/h4-14,27H,1-3H3. The zero-order valence-corrected chi connectivity index (χ0v) is 18.2. The Bertz CT molecular complexity index is 1220. The van der Waals surface area contributed by atoms with Crippen LogP contribution in [0.3, 0.4) is 0 Å². The Hall–Kier alpha value is -3.57. The maximum atomic E-state index is 13.6. The van der Waals surface area contributed by atoms with Gasteiger partial charge in [-0.15, -0.1) is 0 Å². The van der Waals surface area contributed by atoms with Gasteiger partial charge in [-0.25, -0.2) is 4.90 Å². The van der Waals surface area contributed by atoms with E-state index in [9.17, 15) is 9.59 Å². The molecule has 0 bridgehead atoms. The Morgan fingerprint density at radius 1 is 0.903 bits per heavy atom. The van der Waals surface area contributed by atoms with Gasteiger partial charge in [0.1, 0.15) is 11.4 Å². The first-order valence-electron chi connectivity index (χ1n) is 9.77. The molecule has 6 heteroatoms. The molecule has 0 spiro atoms. The fraction of sp³-hybridized carbons (Fsp3) is 0.120. The van der Waals surface area contributed by atoms with E-state index >= 15 is 0 Å². The summed E-state index contributed by atoms with van der Waals surface area (Å²) in [4.78, 5) is 28.3. The summed E-state index contributed by atoms with van der Waals surface area (Å²) in [5.74, 6) is -0.303. The molecule has 0 aromatic heterocycles. The summed E-state index contributed by atoms with van der Waals surface area (Å²) < 4.78 is 5.41. The highest BCUT2D eigenvalue weighted by Gasteiger charge is 2.41. The van der Waals surface area contributed by atoms with Crippen molar-refractivity contribution in [3.8, 4) is 5.75 Å². The first-order chi connectivity index (χ1) is 14.9. The second kappa shape index (κ2) is 8.28. The number of amides is 2. The molecular formula is C25H21ClN2O3. The number of nitrogens with zero attached hydrogens (tertiary/aromatic N) is 1. The number of aryl methyl sites for hydroxylation is 1. The fourth-order valence-corrected chi connectivity index (χ4v) is 3.80. The van der Waals surface area contributed by atoms with Crippen LogP contribution in [-0.4, -0.2) is 18.9 Å². The minimum absolute atomic E-state index is 0.178. The normalized spacial score (nSPS) is 13.7. The van der Waals surface area contributed by atoms with Crippen LogP contribution >= 0.6 is 11.6 Å². The SMILES string of the molecule is COc1ccc(Cl)cc1NC1=C(c2ccccc2)C(=O)N(c2cccc(C)c2C)C1=O. The number of hydrogen-bond donors (Lipinski definition) is 1. The molecule has 0 saturated heterocycles. The van der Waals surface area contributed by atoms with Crippen molar-refractivity contribution < 1.29 is 14.3 Å². The number of hydrogen-bond acceptors (Lipinski definition) is 4. The number of ether oxygens (including phenoxy) is 1. The lowest BCUT2D eigenvalue weighted by atomic mass is 10.0. The number of nitrogens with one attached hydrogen (secondary N) is 1. The topological polar surface area (TPSA) is 58.6 Å². The number of benzene rings is 3. The third-order valence-electron chi connectivity index (χ3n) is 5.38. The fourth-order valence-electron chi connectivity index (χ4n) is 3.63. The van der Waals surface area contributed by atoms with E-state index in [1.807, 2.05) is 56.3 Å². The molecule has 0 unspecified atom stereocenters.